The highest BCUT2D eigenvalue weighted by atomic mass is 32.1. The molecule has 24 heavy (non-hydrogen) atoms. The predicted octanol–water partition coefficient (Wildman–Crippen LogP) is 3.46. The van der Waals surface area contributed by atoms with Crippen LogP contribution in [0.1, 0.15) is 41.0 Å². The van der Waals surface area contributed by atoms with Gasteiger partial charge in [0.25, 0.3) is 5.91 Å². The number of aryl methyl sites for hydroxylation is 2. The molecule has 1 amide bonds. The third kappa shape index (κ3) is 4.08. The van der Waals surface area contributed by atoms with Gasteiger partial charge >= 0.3 is 0 Å². The quantitative estimate of drug-likeness (QED) is 0.716. The molecular formula is C18H20N4OS. The van der Waals surface area contributed by atoms with Crippen LogP contribution in [0.15, 0.2) is 53.4 Å². The van der Waals surface area contributed by atoms with Crippen molar-refractivity contribution in [3.63, 3.8) is 0 Å². The number of thiophene rings is 1. The van der Waals surface area contributed by atoms with Crippen LogP contribution in [0.25, 0.3) is 0 Å². The third-order valence-electron chi connectivity index (χ3n) is 3.89. The molecule has 124 valence electrons. The van der Waals surface area contributed by atoms with E-state index in [1.165, 1.54) is 16.9 Å². The van der Waals surface area contributed by atoms with E-state index in [4.69, 9.17) is 0 Å². The fraction of sp³-hybridized carbons (Fsp3) is 0.278. The van der Waals surface area contributed by atoms with Crippen LogP contribution in [0.3, 0.4) is 0 Å². The normalized spacial score (nSPS) is 12.0. The highest BCUT2D eigenvalue weighted by Gasteiger charge is 2.19. The molecule has 2 aromatic heterocycles. The minimum atomic E-state index is -0.155. The van der Waals surface area contributed by atoms with Crippen molar-refractivity contribution in [1.82, 2.24) is 20.3 Å². The maximum absolute atomic E-state index is 12.4. The highest BCUT2D eigenvalue weighted by molar-refractivity contribution is 7.08. The summed E-state index contributed by atoms with van der Waals surface area (Å²) >= 11 is 1.52. The molecule has 0 saturated heterocycles. The Kier molecular flexibility index (Phi) is 5.38. The SMILES string of the molecule is CCn1cc(C(CCc2ccccc2)NC(=O)c2ccsc2)nn1. The van der Waals surface area contributed by atoms with Crippen LogP contribution in [0.5, 0.6) is 0 Å². The van der Waals surface area contributed by atoms with Crippen molar-refractivity contribution < 1.29 is 4.79 Å². The van der Waals surface area contributed by atoms with Gasteiger partial charge in [-0.3, -0.25) is 9.48 Å². The van der Waals surface area contributed by atoms with E-state index in [0.29, 0.717) is 5.56 Å². The Hall–Kier alpha value is -2.47. The molecule has 0 saturated carbocycles. The molecule has 0 bridgehead atoms. The highest BCUT2D eigenvalue weighted by Crippen LogP contribution is 2.18. The van der Waals surface area contributed by atoms with E-state index in [2.05, 4.69) is 27.8 Å². The summed E-state index contributed by atoms with van der Waals surface area (Å²) in [5.74, 6) is -0.0691. The second kappa shape index (κ2) is 7.88. The molecule has 0 spiro atoms. The zero-order chi connectivity index (χ0) is 16.8. The number of carbonyl (C=O) groups is 1. The van der Waals surface area contributed by atoms with E-state index in [1.807, 2.05) is 48.1 Å². The molecule has 5 nitrogen and oxygen atoms in total. The topological polar surface area (TPSA) is 59.8 Å². The first-order valence-electron chi connectivity index (χ1n) is 8.03. The van der Waals surface area contributed by atoms with Crippen LogP contribution in [-0.2, 0) is 13.0 Å². The maximum atomic E-state index is 12.4. The van der Waals surface area contributed by atoms with Gasteiger partial charge in [-0.2, -0.15) is 11.3 Å². The molecule has 1 N–H and O–H groups in total. The van der Waals surface area contributed by atoms with Crippen LogP contribution in [0, 0.1) is 0 Å². The van der Waals surface area contributed by atoms with E-state index < -0.39 is 0 Å². The van der Waals surface area contributed by atoms with Crippen LogP contribution in [-0.4, -0.2) is 20.9 Å². The Morgan fingerprint density at radius 1 is 1.29 bits per heavy atom. The summed E-state index contributed by atoms with van der Waals surface area (Å²) in [5, 5.41) is 15.2. The number of carbonyl (C=O) groups excluding carboxylic acids is 1. The Labute approximate surface area is 145 Å². The molecule has 3 aromatic rings. The number of hydrogen-bond acceptors (Lipinski definition) is 4. The summed E-state index contributed by atoms with van der Waals surface area (Å²) in [6.07, 6.45) is 3.56. The standard InChI is InChI=1S/C18H20N4OS/c1-2-22-12-17(20-21-22)16(9-8-14-6-4-3-5-7-14)19-18(23)15-10-11-24-13-15/h3-7,10-13,16H,2,8-9H2,1H3,(H,19,23). The Bertz CT molecular complexity index is 767. The van der Waals surface area contributed by atoms with E-state index in [-0.39, 0.29) is 11.9 Å². The lowest BCUT2D eigenvalue weighted by molar-refractivity contribution is 0.0934. The molecule has 1 atom stereocenters. The van der Waals surface area contributed by atoms with Gasteiger partial charge in [0.1, 0.15) is 5.69 Å². The molecular weight excluding hydrogens is 320 g/mol. The molecule has 2 heterocycles. The lowest BCUT2D eigenvalue weighted by Gasteiger charge is -2.16. The number of aromatic nitrogens is 3. The van der Waals surface area contributed by atoms with Crippen LogP contribution in [0.2, 0.25) is 0 Å². The van der Waals surface area contributed by atoms with E-state index >= 15 is 0 Å². The summed E-state index contributed by atoms with van der Waals surface area (Å²) in [6.45, 7) is 2.78. The van der Waals surface area contributed by atoms with Crippen molar-refractivity contribution >= 4 is 17.2 Å². The van der Waals surface area contributed by atoms with Gasteiger partial charge in [0.15, 0.2) is 0 Å². The van der Waals surface area contributed by atoms with Crippen molar-refractivity contribution in [2.24, 2.45) is 0 Å². The molecule has 0 fully saturated rings. The summed E-state index contributed by atoms with van der Waals surface area (Å²) in [5.41, 5.74) is 2.74. The smallest absolute Gasteiger partial charge is 0.252 e. The molecule has 0 aliphatic heterocycles. The average molecular weight is 340 g/mol. The van der Waals surface area contributed by atoms with Gasteiger partial charge in [0.05, 0.1) is 17.8 Å². The van der Waals surface area contributed by atoms with Gasteiger partial charge in [0, 0.05) is 11.9 Å². The van der Waals surface area contributed by atoms with E-state index in [9.17, 15) is 4.79 Å². The van der Waals surface area contributed by atoms with Crippen molar-refractivity contribution in [2.45, 2.75) is 32.4 Å². The maximum Gasteiger partial charge on any atom is 0.252 e. The number of hydrogen-bond donors (Lipinski definition) is 1. The molecule has 1 unspecified atom stereocenters. The first-order valence-corrected chi connectivity index (χ1v) is 8.97. The lowest BCUT2D eigenvalue weighted by atomic mass is 10.0. The van der Waals surface area contributed by atoms with Gasteiger partial charge in [-0.1, -0.05) is 35.5 Å². The summed E-state index contributed by atoms with van der Waals surface area (Å²) in [4.78, 5) is 12.4. The van der Waals surface area contributed by atoms with Crippen molar-refractivity contribution in [2.75, 3.05) is 0 Å². The predicted molar refractivity (Wildman–Crippen MR) is 95.0 cm³/mol. The van der Waals surface area contributed by atoms with Gasteiger partial charge in [-0.15, -0.1) is 5.10 Å². The minimum absolute atomic E-state index is 0.0691. The Balaban J connectivity index is 1.73. The van der Waals surface area contributed by atoms with Gasteiger partial charge in [-0.05, 0) is 36.8 Å². The summed E-state index contributed by atoms with van der Waals surface area (Å²) in [6, 6.07) is 11.9. The number of nitrogens with one attached hydrogen (secondary N) is 1. The van der Waals surface area contributed by atoms with Gasteiger partial charge < -0.3 is 5.32 Å². The van der Waals surface area contributed by atoms with Gasteiger partial charge in [0.2, 0.25) is 0 Å². The molecule has 0 aliphatic rings. The number of rotatable bonds is 7. The van der Waals surface area contributed by atoms with Crippen LogP contribution in [0.4, 0.5) is 0 Å². The molecule has 6 heteroatoms. The Morgan fingerprint density at radius 2 is 2.12 bits per heavy atom. The fourth-order valence-corrected chi connectivity index (χ4v) is 3.15. The van der Waals surface area contributed by atoms with Crippen molar-refractivity contribution in [3.05, 3.63) is 70.2 Å². The zero-order valence-electron chi connectivity index (χ0n) is 13.6. The van der Waals surface area contributed by atoms with Gasteiger partial charge in [-0.25, -0.2) is 0 Å². The zero-order valence-corrected chi connectivity index (χ0v) is 14.4. The number of benzene rings is 1. The molecule has 0 radical (unpaired) electrons. The molecule has 1 aromatic carbocycles. The monoisotopic (exact) mass is 340 g/mol. The second-order valence-corrected chi connectivity index (χ2v) is 6.34. The number of amides is 1. The summed E-state index contributed by atoms with van der Waals surface area (Å²) < 4.78 is 1.78. The second-order valence-electron chi connectivity index (χ2n) is 5.56. The Morgan fingerprint density at radius 3 is 2.79 bits per heavy atom. The summed E-state index contributed by atoms with van der Waals surface area (Å²) in [7, 11) is 0. The van der Waals surface area contributed by atoms with E-state index in [1.54, 1.807) is 4.68 Å². The largest absolute Gasteiger partial charge is 0.343 e. The number of nitrogens with zero attached hydrogens (tertiary/aromatic N) is 3. The lowest BCUT2D eigenvalue weighted by Crippen LogP contribution is -2.29. The first-order chi connectivity index (χ1) is 11.8. The van der Waals surface area contributed by atoms with E-state index in [0.717, 1.165) is 25.1 Å². The van der Waals surface area contributed by atoms with Crippen LogP contribution < -0.4 is 5.32 Å². The first kappa shape index (κ1) is 16.4. The van der Waals surface area contributed by atoms with Crippen LogP contribution >= 0.6 is 11.3 Å². The fourth-order valence-electron chi connectivity index (χ4n) is 2.51. The molecule has 3 rings (SSSR count). The van der Waals surface area contributed by atoms with Crippen molar-refractivity contribution in [1.29, 1.82) is 0 Å². The third-order valence-corrected chi connectivity index (χ3v) is 4.57. The minimum Gasteiger partial charge on any atom is -0.343 e. The average Bonchev–Trinajstić information content (AvgIpc) is 3.30. The van der Waals surface area contributed by atoms with Crippen molar-refractivity contribution in [3.8, 4) is 0 Å². The molecule has 0 aliphatic carbocycles.